The van der Waals surface area contributed by atoms with Crippen molar-refractivity contribution >= 4 is 18.3 Å². The zero-order chi connectivity index (χ0) is 11.3. The fourth-order valence-electron chi connectivity index (χ4n) is 1.74. The molecule has 16 heavy (non-hydrogen) atoms. The van der Waals surface area contributed by atoms with E-state index in [4.69, 9.17) is 0 Å². The second-order valence-corrected chi connectivity index (χ2v) is 5.67. The number of rotatable bonds is 3. The highest BCUT2D eigenvalue weighted by molar-refractivity contribution is 5.85. The standard InChI is InChI=1S/C12H24N2O.ClH/c1-12(2,3)10-13-11(15)9-14-7-5-4-6-8-14;/h4-10H2,1-3H3,(H,13,15);1H. The Bertz CT molecular complexity index is 208. The number of nitrogens with zero attached hydrogens (tertiary/aromatic N) is 1. The number of carbonyl (C=O) groups excluding carboxylic acids is 1. The molecular formula is C12H25ClN2O. The highest BCUT2D eigenvalue weighted by atomic mass is 35.5. The number of hydrogen-bond donors (Lipinski definition) is 1. The molecule has 0 saturated carbocycles. The van der Waals surface area contributed by atoms with Crippen LogP contribution in [0.25, 0.3) is 0 Å². The van der Waals surface area contributed by atoms with E-state index in [1.165, 1.54) is 19.3 Å². The molecule has 1 saturated heterocycles. The van der Waals surface area contributed by atoms with Gasteiger partial charge < -0.3 is 5.32 Å². The normalized spacial score (nSPS) is 17.7. The highest BCUT2D eigenvalue weighted by Gasteiger charge is 2.15. The Morgan fingerprint density at radius 1 is 1.19 bits per heavy atom. The van der Waals surface area contributed by atoms with Crippen molar-refractivity contribution in [1.29, 1.82) is 0 Å². The fraction of sp³-hybridized carbons (Fsp3) is 0.917. The molecule has 0 aromatic heterocycles. The third-order valence-electron chi connectivity index (χ3n) is 2.63. The van der Waals surface area contributed by atoms with Crippen LogP contribution in [0.1, 0.15) is 40.0 Å². The second kappa shape index (κ2) is 7.13. The van der Waals surface area contributed by atoms with E-state index in [2.05, 4.69) is 31.0 Å². The lowest BCUT2D eigenvalue weighted by Gasteiger charge is -2.26. The van der Waals surface area contributed by atoms with Gasteiger partial charge in [0.2, 0.25) is 5.91 Å². The maximum atomic E-state index is 11.6. The van der Waals surface area contributed by atoms with Crippen LogP contribution in [0.5, 0.6) is 0 Å². The first-order valence-corrected chi connectivity index (χ1v) is 5.96. The van der Waals surface area contributed by atoms with E-state index >= 15 is 0 Å². The van der Waals surface area contributed by atoms with E-state index in [1.54, 1.807) is 0 Å². The minimum atomic E-state index is 0. The van der Waals surface area contributed by atoms with Crippen molar-refractivity contribution in [3.05, 3.63) is 0 Å². The lowest BCUT2D eigenvalue weighted by molar-refractivity contribution is -0.122. The average molecular weight is 249 g/mol. The maximum Gasteiger partial charge on any atom is 0.234 e. The Hall–Kier alpha value is -0.280. The van der Waals surface area contributed by atoms with Crippen LogP contribution >= 0.6 is 12.4 Å². The van der Waals surface area contributed by atoms with Crippen LogP contribution < -0.4 is 5.32 Å². The number of nitrogens with one attached hydrogen (secondary N) is 1. The molecule has 3 nitrogen and oxygen atoms in total. The van der Waals surface area contributed by atoms with Gasteiger partial charge in [-0.15, -0.1) is 12.4 Å². The SMILES string of the molecule is CC(C)(C)CNC(=O)CN1CCCCC1.Cl. The molecule has 0 atom stereocenters. The smallest absolute Gasteiger partial charge is 0.234 e. The molecule has 0 radical (unpaired) electrons. The molecule has 1 aliphatic rings. The third-order valence-corrected chi connectivity index (χ3v) is 2.63. The third kappa shape index (κ3) is 7.07. The Morgan fingerprint density at radius 3 is 2.25 bits per heavy atom. The summed E-state index contributed by atoms with van der Waals surface area (Å²) in [4.78, 5) is 13.9. The first-order chi connectivity index (χ1) is 6.97. The van der Waals surface area contributed by atoms with Crippen molar-refractivity contribution in [1.82, 2.24) is 10.2 Å². The average Bonchev–Trinajstić information content (AvgIpc) is 2.15. The van der Waals surface area contributed by atoms with Crippen molar-refractivity contribution < 1.29 is 4.79 Å². The number of likely N-dealkylation sites (tertiary alicyclic amines) is 1. The monoisotopic (exact) mass is 248 g/mol. The molecule has 96 valence electrons. The van der Waals surface area contributed by atoms with Gasteiger partial charge >= 0.3 is 0 Å². The van der Waals surface area contributed by atoms with Crippen molar-refractivity contribution in [2.45, 2.75) is 40.0 Å². The van der Waals surface area contributed by atoms with Crippen molar-refractivity contribution in [3.63, 3.8) is 0 Å². The molecule has 1 rings (SSSR count). The first-order valence-electron chi connectivity index (χ1n) is 5.96. The second-order valence-electron chi connectivity index (χ2n) is 5.67. The lowest BCUT2D eigenvalue weighted by Crippen LogP contribution is -2.42. The summed E-state index contributed by atoms with van der Waals surface area (Å²) in [5.74, 6) is 0.173. The van der Waals surface area contributed by atoms with Gasteiger partial charge in [0, 0.05) is 6.54 Å². The van der Waals surface area contributed by atoms with Gasteiger partial charge in [-0.3, -0.25) is 9.69 Å². The molecular weight excluding hydrogens is 224 g/mol. The lowest BCUT2D eigenvalue weighted by atomic mass is 9.97. The molecule has 0 aromatic carbocycles. The summed E-state index contributed by atoms with van der Waals surface area (Å²) in [5, 5.41) is 2.99. The Morgan fingerprint density at radius 2 is 1.75 bits per heavy atom. The molecule has 1 heterocycles. The van der Waals surface area contributed by atoms with Gasteiger partial charge in [-0.2, -0.15) is 0 Å². The van der Waals surface area contributed by atoms with E-state index < -0.39 is 0 Å². The zero-order valence-electron chi connectivity index (χ0n) is 10.7. The fourth-order valence-corrected chi connectivity index (χ4v) is 1.74. The molecule has 0 unspecified atom stereocenters. The molecule has 0 aliphatic carbocycles. The molecule has 1 N–H and O–H groups in total. The number of amides is 1. The molecule has 0 aromatic rings. The quantitative estimate of drug-likeness (QED) is 0.829. The predicted molar refractivity (Wildman–Crippen MR) is 70.0 cm³/mol. The van der Waals surface area contributed by atoms with Crippen LogP contribution in [-0.4, -0.2) is 37.0 Å². The molecule has 0 bridgehead atoms. The largest absolute Gasteiger partial charge is 0.354 e. The van der Waals surface area contributed by atoms with E-state index in [0.29, 0.717) is 6.54 Å². The van der Waals surface area contributed by atoms with Crippen LogP contribution in [0.2, 0.25) is 0 Å². The summed E-state index contributed by atoms with van der Waals surface area (Å²) in [6.45, 7) is 9.91. The number of halogens is 1. The number of piperidine rings is 1. The van der Waals surface area contributed by atoms with Gasteiger partial charge in [0.15, 0.2) is 0 Å². The number of carbonyl (C=O) groups is 1. The first kappa shape index (κ1) is 15.7. The van der Waals surface area contributed by atoms with Gasteiger partial charge in [-0.05, 0) is 31.3 Å². The van der Waals surface area contributed by atoms with Crippen LogP contribution in [0.4, 0.5) is 0 Å². The summed E-state index contributed by atoms with van der Waals surface area (Å²) in [5.41, 5.74) is 0.178. The van der Waals surface area contributed by atoms with E-state index in [9.17, 15) is 4.79 Å². The zero-order valence-corrected chi connectivity index (χ0v) is 11.5. The topological polar surface area (TPSA) is 32.3 Å². The van der Waals surface area contributed by atoms with Crippen LogP contribution in [0, 0.1) is 5.41 Å². The summed E-state index contributed by atoms with van der Waals surface area (Å²) in [7, 11) is 0. The molecule has 1 amide bonds. The highest BCUT2D eigenvalue weighted by Crippen LogP contribution is 2.11. The Labute approximate surface area is 105 Å². The van der Waals surface area contributed by atoms with E-state index in [1.807, 2.05) is 0 Å². The van der Waals surface area contributed by atoms with Gasteiger partial charge in [-0.1, -0.05) is 27.2 Å². The molecule has 1 fully saturated rings. The predicted octanol–water partition coefficient (Wildman–Crippen LogP) is 2.06. The summed E-state index contributed by atoms with van der Waals surface area (Å²) in [6.07, 6.45) is 3.80. The van der Waals surface area contributed by atoms with Crippen molar-refractivity contribution in [2.75, 3.05) is 26.2 Å². The van der Waals surface area contributed by atoms with Gasteiger partial charge in [-0.25, -0.2) is 0 Å². The Kier molecular flexibility index (Phi) is 7.00. The maximum absolute atomic E-state index is 11.6. The van der Waals surface area contributed by atoms with E-state index in [0.717, 1.165) is 19.6 Å². The van der Waals surface area contributed by atoms with Gasteiger partial charge in [0.1, 0.15) is 0 Å². The minimum absolute atomic E-state index is 0. The van der Waals surface area contributed by atoms with Crippen molar-refractivity contribution in [2.24, 2.45) is 5.41 Å². The van der Waals surface area contributed by atoms with E-state index in [-0.39, 0.29) is 23.7 Å². The van der Waals surface area contributed by atoms with Crippen molar-refractivity contribution in [3.8, 4) is 0 Å². The van der Waals surface area contributed by atoms with Crippen LogP contribution in [-0.2, 0) is 4.79 Å². The summed E-state index contributed by atoms with van der Waals surface area (Å²) >= 11 is 0. The number of hydrogen-bond acceptors (Lipinski definition) is 2. The Balaban J connectivity index is 0.00000225. The summed E-state index contributed by atoms with van der Waals surface area (Å²) < 4.78 is 0. The molecule has 4 heteroatoms. The summed E-state index contributed by atoms with van der Waals surface area (Å²) in [6, 6.07) is 0. The van der Waals surface area contributed by atoms with Gasteiger partial charge in [0.05, 0.1) is 6.54 Å². The minimum Gasteiger partial charge on any atom is -0.354 e. The van der Waals surface area contributed by atoms with Crippen LogP contribution in [0.15, 0.2) is 0 Å². The molecule has 0 spiro atoms. The molecule has 1 aliphatic heterocycles. The van der Waals surface area contributed by atoms with Crippen LogP contribution in [0.3, 0.4) is 0 Å². The van der Waals surface area contributed by atoms with Gasteiger partial charge in [0.25, 0.3) is 0 Å².